The van der Waals surface area contributed by atoms with Crippen molar-refractivity contribution in [2.45, 2.75) is 31.4 Å². The van der Waals surface area contributed by atoms with Crippen LogP contribution in [0.4, 0.5) is 0 Å². The maximum absolute atomic E-state index is 5.41. The standard InChI is InChI=1S/C11H19N3O3/c1-7(15-3)4-10-13-11(17-14-10)8-5-16-6-9(8)12-2/h7-9,12H,4-6H2,1-3H3. The molecule has 0 saturated carbocycles. The van der Waals surface area contributed by atoms with Gasteiger partial charge in [0.05, 0.1) is 25.2 Å². The lowest BCUT2D eigenvalue weighted by Gasteiger charge is -2.11. The third-order valence-corrected chi connectivity index (χ3v) is 3.12. The van der Waals surface area contributed by atoms with E-state index in [2.05, 4.69) is 15.5 Å². The van der Waals surface area contributed by atoms with E-state index in [4.69, 9.17) is 14.0 Å². The molecule has 0 spiro atoms. The summed E-state index contributed by atoms with van der Waals surface area (Å²) >= 11 is 0. The number of rotatable bonds is 5. The molecule has 1 aromatic rings. The first-order valence-electron chi connectivity index (χ1n) is 5.85. The van der Waals surface area contributed by atoms with E-state index in [0.717, 1.165) is 0 Å². The van der Waals surface area contributed by atoms with Crippen LogP contribution in [0.1, 0.15) is 24.6 Å². The van der Waals surface area contributed by atoms with Crippen LogP contribution in [0.25, 0.3) is 0 Å². The van der Waals surface area contributed by atoms with Crippen LogP contribution in [-0.2, 0) is 15.9 Å². The fourth-order valence-electron chi connectivity index (χ4n) is 1.92. The second kappa shape index (κ2) is 5.57. The van der Waals surface area contributed by atoms with Gasteiger partial charge in [-0.25, -0.2) is 0 Å². The Bertz CT molecular complexity index is 355. The molecule has 6 heteroatoms. The number of ether oxygens (including phenoxy) is 2. The van der Waals surface area contributed by atoms with Crippen molar-refractivity contribution in [2.24, 2.45) is 0 Å². The lowest BCUT2D eigenvalue weighted by molar-refractivity contribution is 0.116. The lowest BCUT2D eigenvalue weighted by atomic mass is 10.0. The zero-order valence-corrected chi connectivity index (χ0v) is 10.5. The molecule has 0 bridgehead atoms. The molecule has 1 fully saturated rings. The van der Waals surface area contributed by atoms with Crippen molar-refractivity contribution in [3.63, 3.8) is 0 Å². The number of likely N-dealkylation sites (N-methyl/N-ethyl adjacent to an activating group) is 1. The summed E-state index contributed by atoms with van der Waals surface area (Å²) < 4.78 is 15.9. The summed E-state index contributed by atoms with van der Waals surface area (Å²) in [6, 6.07) is 0.253. The molecular formula is C11H19N3O3. The summed E-state index contributed by atoms with van der Waals surface area (Å²) in [5.41, 5.74) is 0. The van der Waals surface area contributed by atoms with Crippen molar-refractivity contribution in [3.05, 3.63) is 11.7 Å². The van der Waals surface area contributed by atoms with Crippen molar-refractivity contribution in [3.8, 4) is 0 Å². The van der Waals surface area contributed by atoms with Crippen LogP contribution in [0, 0.1) is 0 Å². The van der Waals surface area contributed by atoms with E-state index in [-0.39, 0.29) is 18.1 Å². The molecule has 17 heavy (non-hydrogen) atoms. The van der Waals surface area contributed by atoms with Gasteiger partial charge in [0.1, 0.15) is 0 Å². The minimum Gasteiger partial charge on any atom is -0.381 e. The molecule has 2 heterocycles. The second-order valence-corrected chi connectivity index (χ2v) is 4.34. The van der Waals surface area contributed by atoms with Gasteiger partial charge in [-0.1, -0.05) is 5.16 Å². The Labute approximate surface area is 101 Å². The van der Waals surface area contributed by atoms with Gasteiger partial charge in [-0.05, 0) is 14.0 Å². The van der Waals surface area contributed by atoms with E-state index in [1.54, 1.807) is 7.11 Å². The molecule has 0 aliphatic carbocycles. The van der Waals surface area contributed by atoms with Gasteiger partial charge >= 0.3 is 0 Å². The second-order valence-electron chi connectivity index (χ2n) is 4.34. The highest BCUT2D eigenvalue weighted by atomic mass is 16.5. The minimum absolute atomic E-state index is 0.0976. The Morgan fingerprint density at radius 3 is 3.06 bits per heavy atom. The molecule has 96 valence electrons. The molecule has 6 nitrogen and oxygen atoms in total. The highest BCUT2D eigenvalue weighted by Gasteiger charge is 2.32. The molecule has 3 atom stereocenters. The van der Waals surface area contributed by atoms with Crippen LogP contribution in [0.2, 0.25) is 0 Å². The number of methoxy groups -OCH3 is 1. The summed E-state index contributed by atoms with van der Waals surface area (Å²) in [6.45, 7) is 3.30. The van der Waals surface area contributed by atoms with Crippen LogP contribution >= 0.6 is 0 Å². The van der Waals surface area contributed by atoms with Crippen molar-refractivity contribution >= 4 is 0 Å². The van der Waals surface area contributed by atoms with Gasteiger partial charge in [-0.15, -0.1) is 0 Å². The van der Waals surface area contributed by atoms with Crippen molar-refractivity contribution in [2.75, 3.05) is 27.4 Å². The van der Waals surface area contributed by atoms with Crippen molar-refractivity contribution < 1.29 is 14.0 Å². The fourth-order valence-corrected chi connectivity index (χ4v) is 1.92. The maximum Gasteiger partial charge on any atom is 0.233 e. The molecule has 3 unspecified atom stereocenters. The minimum atomic E-state index is 0.0976. The lowest BCUT2D eigenvalue weighted by Crippen LogP contribution is -2.31. The van der Waals surface area contributed by atoms with E-state index in [0.29, 0.717) is 31.3 Å². The van der Waals surface area contributed by atoms with Crippen LogP contribution in [-0.4, -0.2) is 49.7 Å². The van der Waals surface area contributed by atoms with Gasteiger partial charge in [0, 0.05) is 19.6 Å². The monoisotopic (exact) mass is 241 g/mol. The van der Waals surface area contributed by atoms with Crippen LogP contribution < -0.4 is 5.32 Å². The van der Waals surface area contributed by atoms with Crippen LogP contribution in [0.5, 0.6) is 0 Å². The average molecular weight is 241 g/mol. The Morgan fingerprint density at radius 1 is 1.53 bits per heavy atom. The highest BCUT2D eigenvalue weighted by Crippen LogP contribution is 2.24. The van der Waals surface area contributed by atoms with Gasteiger partial charge in [0.2, 0.25) is 5.89 Å². The van der Waals surface area contributed by atoms with E-state index < -0.39 is 0 Å². The quantitative estimate of drug-likeness (QED) is 0.802. The Hall–Kier alpha value is -0.980. The molecule has 0 radical (unpaired) electrons. The molecule has 0 aromatic carbocycles. The third-order valence-electron chi connectivity index (χ3n) is 3.12. The molecule has 1 aromatic heterocycles. The first-order chi connectivity index (χ1) is 8.24. The first kappa shape index (κ1) is 12.5. The number of aromatic nitrogens is 2. The van der Waals surface area contributed by atoms with Crippen molar-refractivity contribution in [1.82, 2.24) is 15.5 Å². The smallest absolute Gasteiger partial charge is 0.233 e. The average Bonchev–Trinajstić information content (AvgIpc) is 2.95. The van der Waals surface area contributed by atoms with Gasteiger partial charge < -0.3 is 19.3 Å². The molecular weight excluding hydrogens is 222 g/mol. The van der Waals surface area contributed by atoms with Gasteiger partial charge in [0.25, 0.3) is 0 Å². The molecule has 1 saturated heterocycles. The van der Waals surface area contributed by atoms with Crippen LogP contribution in [0.15, 0.2) is 4.52 Å². The summed E-state index contributed by atoms with van der Waals surface area (Å²) in [5, 5.41) is 7.16. The largest absolute Gasteiger partial charge is 0.381 e. The fraction of sp³-hybridized carbons (Fsp3) is 0.818. The third kappa shape index (κ3) is 2.83. The Morgan fingerprint density at radius 2 is 2.35 bits per heavy atom. The van der Waals surface area contributed by atoms with Crippen molar-refractivity contribution in [1.29, 1.82) is 0 Å². The number of nitrogens with one attached hydrogen (secondary N) is 1. The van der Waals surface area contributed by atoms with E-state index in [1.807, 2.05) is 14.0 Å². The summed E-state index contributed by atoms with van der Waals surface area (Å²) in [7, 11) is 3.59. The number of nitrogens with zero attached hydrogens (tertiary/aromatic N) is 2. The van der Waals surface area contributed by atoms with Gasteiger partial charge in [0.15, 0.2) is 5.82 Å². The van der Waals surface area contributed by atoms with Gasteiger partial charge in [-0.3, -0.25) is 0 Å². The molecule has 0 amide bonds. The highest BCUT2D eigenvalue weighted by molar-refractivity contribution is 5.02. The predicted octanol–water partition coefficient (Wildman–Crippen LogP) is 0.349. The van der Waals surface area contributed by atoms with E-state index in [9.17, 15) is 0 Å². The van der Waals surface area contributed by atoms with E-state index >= 15 is 0 Å². The SMILES string of the molecule is CNC1COCC1c1nc(CC(C)OC)no1. The van der Waals surface area contributed by atoms with Crippen LogP contribution in [0.3, 0.4) is 0 Å². The predicted molar refractivity (Wildman–Crippen MR) is 60.9 cm³/mol. The van der Waals surface area contributed by atoms with E-state index in [1.165, 1.54) is 0 Å². The maximum atomic E-state index is 5.41. The zero-order valence-electron chi connectivity index (χ0n) is 10.5. The Balaban J connectivity index is 2.02. The first-order valence-corrected chi connectivity index (χ1v) is 5.85. The molecule has 2 rings (SSSR count). The zero-order chi connectivity index (χ0) is 12.3. The Kier molecular flexibility index (Phi) is 4.09. The summed E-state index contributed by atoms with van der Waals surface area (Å²) in [4.78, 5) is 4.40. The normalized spacial score (nSPS) is 26.3. The molecule has 1 N–H and O–H groups in total. The number of hydrogen-bond acceptors (Lipinski definition) is 6. The molecule has 1 aliphatic rings. The van der Waals surface area contributed by atoms with Gasteiger partial charge in [-0.2, -0.15) is 4.98 Å². The summed E-state index contributed by atoms with van der Waals surface area (Å²) in [5.74, 6) is 1.50. The molecule has 1 aliphatic heterocycles. The topological polar surface area (TPSA) is 69.4 Å². The number of hydrogen-bond donors (Lipinski definition) is 1. The summed E-state index contributed by atoms with van der Waals surface area (Å²) in [6.07, 6.45) is 0.762.